The Bertz CT molecular complexity index is 1250. The number of rotatable bonds is 7. The Morgan fingerprint density at radius 3 is 2.36 bits per heavy atom. The standard InChI is InChI=1S/C24H27F5N6O3S/c1-38-19-13-21(34(15-19)16-30)23(36)35(18-4-6-20(7-5-18)39(25,26,27,28)29)22(17-3-2-8-32-14-17)24(37)33-11-9-31-10-12-33/h2-8,14,19,21-22,31H,9-13,15H2,1H3/t19-,21-,22?/m1/s1. The molecule has 3 atom stereocenters. The fraction of sp³-hybridized carbons (Fsp3) is 0.417. The summed E-state index contributed by atoms with van der Waals surface area (Å²) in [5.41, 5.74) is 0.0395. The Morgan fingerprint density at radius 2 is 1.82 bits per heavy atom. The number of anilines is 1. The number of aromatic nitrogens is 1. The van der Waals surface area contributed by atoms with Crippen LogP contribution < -0.4 is 10.2 Å². The first-order valence-corrected chi connectivity index (χ1v) is 13.9. The molecule has 15 heteroatoms. The molecule has 2 saturated heterocycles. The molecule has 4 rings (SSSR count). The number of ether oxygens (including phenoxy) is 1. The number of pyridine rings is 1. The van der Waals surface area contributed by atoms with E-state index in [-0.39, 0.29) is 36.3 Å². The van der Waals surface area contributed by atoms with Crippen LogP contribution in [0.2, 0.25) is 0 Å². The van der Waals surface area contributed by atoms with E-state index in [1.54, 1.807) is 0 Å². The second kappa shape index (κ2) is 9.92. The van der Waals surface area contributed by atoms with Crippen molar-refractivity contribution in [3.63, 3.8) is 0 Å². The molecule has 2 aliphatic heterocycles. The molecule has 2 amide bonds. The molecular weight excluding hydrogens is 547 g/mol. The third-order valence-electron chi connectivity index (χ3n) is 6.73. The van der Waals surface area contributed by atoms with Crippen LogP contribution in [0.25, 0.3) is 0 Å². The van der Waals surface area contributed by atoms with Gasteiger partial charge in [-0.3, -0.25) is 24.4 Å². The molecule has 0 bridgehead atoms. The topological polar surface area (TPSA) is 102 Å². The lowest BCUT2D eigenvalue weighted by atomic mass is 10.0. The maximum Gasteiger partial charge on any atom is 0.310 e. The van der Waals surface area contributed by atoms with E-state index < -0.39 is 45.1 Å². The van der Waals surface area contributed by atoms with Gasteiger partial charge in [0, 0.05) is 63.4 Å². The molecule has 0 radical (unpaired) electrons. The molecular formula is C24H27F5N6O3S. The minimum Gasteiger partial charge on any atom is -0.379 e. The van der Waals surface area contributed by atoms with E-state index in [9.17, 15) is 34.3 Å². The van der Waals surface area contributed by atoms with E-state index >= 15 is 0 Å². The SMILES string of the molecule is CO[C@@H]1C[C@H](C(=O)N(c2ccc(S(F)(F)(F)(F)F)cc2)C(C(=O)N2CCNCC2)c2cccnc2)N(C#N)C1. The molecule has 0 saturated carbocycles. The Balaban J connectivity index is 1.85. The minimum atomic E-state index is -10.00. The Labute approximate surface area is 221 Å². The minimum absolute atomic E-state index is 0.0739. The van der Waals surface area contributed by atoms with Crippen LogP contribution in [0.15, 0.2) is 53.7 Å². The van der Waals surface area contributed by atoms with E-state index in [1.807, 2.05) is 6.19 Å². The predicted octanol–water partition coefficient (Wildman–Crippen LogP) is 3.82. The highest BCUT2D eigenvalue weighted by Crippen LogP contribution is 3.02. The van der Waals surface area contributed by atoms with Crippen LogP contribution in [0.5, 0.6) is 0 Å². The number of nitrogens with one attached hydrogen (secondary N) is 1. The van der Waals surface area contributed by atoms with Gasteiger partial charge in [0.2, 0.25) is 0 Å². The van der Waals surface area contributed by atoms with Crippen molar-refractivity contribution < 1.29 is 33.8 Å². The zero-order valence-corrected chi connectivity index (χ0v) is 21.7. The molecule has 212 valence electrons. The zero-order valence-electron chi connectivity index (χ0n) is 20.9. The monoisotopic (exact) mass is 574 g/mol. The smallest absolute Gasteiger partial charge is 0.310 e. The van der Waals surface area contributed by atoms with Crippen LogP contribution in [0, 0.1) is 11.5 Å². The lowest BCUT2D eigenvalue weighted by molar-refractivity contribution is -0.136. The van der Waals surface area contributed by atoms with Crippen molar-refractivity contribution >= 4 is 27.7 Å². The third-order valence-corrected chi connectivity index (χ3v) is 7.89. The number of carbonyl (C=O) groups is 2. The second-order valence-corrected chi connectivity index (χ2v) is 11.7. The molecule has 0 spiro atoms. The highest BCUT2D eigenvalue weighted by atomic mass is 32.5. The number of carbonyl (C=O) groups excluding carboxylic acids is 2. The number of amides is 2. The molecule has 2 aliphatic rings. The van der Waals surface area contributed by atoms with Crippen molar-refractivity contribution in [2.45, 2.75) is 29.5 Å². The van der Waals surface area contributed by atoms with Crippen LogP contribution in [-0.2, 0) is 14.3 Å². The molecule has 2 fully saturated rings. The fourth-order valence-electron chi connectivity index (χ4n) is 4.74. The summed E-state index contributed by atoms with van der Waals surface area (Å²) in [5, 5.41) is 12.8. The van der Waals surface area contributed by atoms with E-state index in [4.69, 9.17) is 4.74 Å². The van der Waals surface area contributed by atoms with Crippen molar-refractivity contribution in [1.82, 2.24) is 20.1 Å². The lowest BCUT2D eigenvalue weighted by Crippen LogP contribution is -2.54. The summed E-state index contributed by atoms with van der Waals surface area (Å²) in [4.78, 5) is 33.6. The lowest BCUT2D eigenvalue weighted by Gasteiger charge is -2.41. The van der Waals surface area contributed by atoms with Gasteiger partial charge in [0.05, 0.1) is 12.6 Å². The summed E-state index contributed by atoms with van der Waals surface area (Å²) in [6, 6.07) is 2.43. The normalized spacial score (nSPS) is 22.4. The molecule has 9 nitrogen and oxygen atoms in total. The third kappa shape index (κ3) is 6.23. The summed E-state index contributed by atoms with van der Waals surface area (Å²) < 4.78 is 72.5. The summed E-state index contributed by atoms with van der Waals surface area (Å²) in [6.45, 7) is 1.67. The van der Waals surface area contributed by atoms with Crippen LogP contribution >= 0.6 is 10.2 Å². The highest BCUT2D eigenvalue weighted by Gasteiger charge is 2.65. The van der Waals surface area contributed by atoms with Gasteiger partial charge in [-0.15, -0.1) is 0 Å². The van der Waals surface area contributed by atoms with Gasteiger partial charge in [-0.05, 0) is 30.3 Å². The van der Waals surface area contributed by atoms with Gasteiger partial charge in [0.25, 0.3) is 11.8 Å². The number of nitrogens with zero attached hydrogens (tertiary/aromatic N) is 5. The van der Waals surface area contributed by atoms with E-state index in [0.717, 1.165) is 17.0 Å². The summed E-state index contributed by atoms with van der Waals surface area (Å²) in [5.74, 6) is -1.30. The summed E-state index contributed by atoms with van der Waals surface area (Å²) in [6.07, 6.45) is 4.30. The first-order chi connectivity index (χ1) is 18.2. The van der Waals surface area contributed by atoms with Crippen LogP contribution in [-0.4, -0.2) is 78.6 Å². The maximum atomic E-state index is 14.1. The summed E-state index contributed by atoms with van der Waals surface area (Å²) in [7, 11) is -8.59. The molecule has 2 aromatic rings. The highest BCUT2D eigenvalue weighted by molar-refractivity contribution is 8.45. The summed E-state index contributed by atoms with van der Waals surface area (Å²) >= 11 is 0. The average molecular weight is 575 g/mol. The average Bonchev–Trinajstić information content (AvgIpc) is 3.34. The maximum absolute atomic E-state index is 14.1. The number of piperazine rings is 1. The van der Waals surface area contributed by atoms with Crippen molar-refractivity contribution in [2.24, 2.45) is 0 Å². The number of likely N-dealkylation sites (tertiary alicyclic amines) is 1. The number of nitriles is 1. The molecule has 1 aromatic heterocycles. The number of benzene rings is 1. The van der Waals surface area contributed by atoms with Crippen LogP contribution in [0.4, 0.5) is 25.1 Å². The Hall–Kier alpha value is -3.48. The molecule has 0 aliphatic carbocycles. The first-order valence-electron chi connectivity index (χ1n) is 12.0. The number of methoxy groups -OCH3 is 1. The van der Waals surface area contributed by atoms with Crippen molar-refractivity contribution in [1.29, 1.82) is 5.26 Å². The molecule has 39 heavy (non-hydrogen) atoms. The van der Waals surface area contributed by atoms with Crippen LogP contribution in [0.3, 0.4) is 0 Å². The number of hydrogen-bond acceptors (Lipinski definition) is 7. The van der Waals surface area contributed by atoms with Crippen molar-refractivity contribution in [2.75, 3.05) is 44.7 Å². The van der Waals surface area contributed by atoms with Gasteiger partial charge >= 0.3 is 10.2 Å². The van der Waals surface area contributed by atoms with Gasteiger partial charge in [0.1, 0.15) is 17.0 Å². The predicted molar refractivity (Wildman–Crippen MR) is 133 cm³/mol. The Kier molecular flexibility index (Phi) is 7.26. The van der Waals surface area contributed by atoms with E-state index in [1.165, 1.54) is 41.4 Å². The largest absolute Gasteiger partial charge is 0.379 e. The quantitative estimate of drug-likeness (QED) is 0.396. The molecule has 3 heterocycles. The van der Waals surface area contributed by atoms with Crippen LogP contribution in [0.1, 0.15) is 18.0 Å². The Morgan fingerprint density at radius 1 is 1.15 bits per heavy atom. The van der Waals surface area contributed by atoms with E-state index in [0.29, 0.717) is 26.2 Å². The second-order valence-electron chi connectivity index (χ2n) is 9.30. The molecule has 1 N–H and O–H groups in total. The van der Waals surface area contributed by atoms with E-state index in [2.05, 4.69) is 10.3 Å². The van der Waals surface area contributed by atoms with Gasteiger partial charge in [-0.25, -0.2) is 0 Å². The van der Waals surface area contributed by atoms with Gasteiger partial charge in [-0.2, -0.15) is 5.26 Å². The van der Waals surface area contributed by atoms with Gasteiger partial charge in [-0.1, -0.05) is 25.5 Å². The van der Waals surface area contributed by atoms with Crippen molar-refractivity contribution in [3.05, 3.63) is 54.4 Å². The molecule has 1 unspecified atom stereocenters. The fourth-order valence-corrected chi connectivity index (χ4v) is 5.39. The van der Waals surface area contributed by atoms with Gasteiger partial charge in [0.15, 0.2) is 6.19 Å². The zero-order chi connectivity index (χ0) is 28.5. The molecule has 1 aromatic carbocycles. The van der Waals surface area contributed by atoms with Gasteiger partial charge < -0.3 is 15.0 Å². The number of halogens is 5. The first kappa shape index (κ1) is 28.5. The number of hydrogen-bond donors (Lipinski definition) is 1. The van der Waals surface area contributed by atoms with Crippen molar-refractivity contribution in [3.8, 4) is 6.19 Å².